The fourth-order valence-electron chi connectivity index (χ4n) is 1.90. The lowest BCUT2D eigenvalue weighted by atomic mass is 9.77. The third-order valence-corrected chi connectivity index (χ3v) is 3.07. The quantitative estimate of drug-likeness (QED) is 0.608. The van der Waals surface area contributed by atoms with Crippen molar-refractivity contribution >= 4 is 6.09 Å². The van der Waals surface area contributed by atoms with Crippen LogP contribution >= 0.6 is 0 Å². The summed E-state index contributed by atoms with van der Waals surface area (Å²) in [5, 5.41) is 26.8. The van der Waals surface area contributed by atoms with Crippen LogP contribution in [-0.4, -0.2) is 52.6 Å². The number of amides is 1. The number of carbonyl (C=O) groups is 1. The second-order valence-corrected chi connectivity index (χ2v) is 3.90. The van der Waals surface area contributed by atoms with Crippen molar-refractivity contribution in [3.05, 3.63) is 0 Å². The van der Waals surface area contributed by atoms with Gasteiger partial charge in [-0.05, 0) is 24.7 Å². The van der Waals surface area contributed by atoms with Crippen LogP contribution in [0.25, 0.3) is 0 Å². The summed E-state index contributed by atoms with van der Waals surface area (Å²) in [6, 6.07) is 0. The van der Waals surface area contributed by atoms with Gasteiger partial charge in [0.2, 0.25) is 0 Å². The van der Waals surface area contributed by atoms with Crippen LogP contribution in [0.3, 0.4) is 0 Å². The number of nitrogens with zero attached hydrogens (tertiary/aromatic N) is 1. The van der Waals surface area contributed by atoms with E-state index < -0.39 is 6.09 Å². The summed E-state index contributed by atoms with van der Waals surface area (Å²) in [5.41, 5.74) is -0.263. The molecule has 1 aliphatic rings. The zero-order valence-corrected chi connectivity index (χ0v) is 8.15. The van der Waals surface area contributed by atoms with Gasteiger partial charge in [-0.1, -0.05) is 0 Å². The Kier molecular flexibility index (Phi) is 3.71. The van der Waals surface area contributed by atoms with Gasteiger partial charge in [-0.15, -0.1) is 0 Å². The van der Waals surface area contributed by atoms with Crippen molar-refractivity contribution in [2.24, 2.45) is 5.41 Å². The number of hydrogen-bond donors (Lipinski definition) is 3. The maximum absolute atomic E-state index is 10.6. The van der Waals surface area contributed by atoms with E-state index in [0.717, 1.165) is 0 Å². The average molecular weight is 203 g/mol. The smallest absolute Gasteiger partial charge is 0.407 e. The predicted molar refractivity (Wildman–Crippen MR) is 50.1 cm³/mol. The van der Waals surface area contributed by atoms with E-state index >= 15 is 0 Å². The van der Waals surface area contributed by atoms with Crippen LogP contribution in [0.2, 0.25) is 0 Å². The van der Waals surface area contributed by atoms with Crippen LogP contribution in [0.1, 0.15) is 19.3 Å². The van der Waals surface area contributed by atoms with Crippen LogP contribution < -0.4 is 0 Å². The highest BCUT2D eigenvalue weighted by Crippen LogP contribution is 2.34. The fraction of sp³-hybridized carbons (Fsp3) is 0.889. The molecule has 0 bridgehead atoms. The molecule has 1 amide bonds. The predicted octanol–water partition coefficient (Wildman–Crippen LogP) is 0.121. The van der Waals surface area contributed by atoms with E-state index in [0.29, 0.717) is 32.4 Å². The molecule has 0 saturated carbocycles. The molecule has 1 fully saturated rings. The van der Waals surface area contributed by atoms with Crippen LogP contribution in [-0.2, 0) is 0 Å². The summed E-state index contributed by atoms with van der Waals surface area (Å²) in [4.78, 5) is 12.0. The lowest BCUT2D eigenvalue weighted by Gasteiger charge is -2.39. The molecule has 82 valence electrons. The zero-order chi connectivity index (χ0) is 10.6. The molecule has 14 heavy (non-hydrogen) atoms. The van der Waals surface area contributed by atoms with Gasteiger partial charge in [-0.2, -0.15) is 0 Å². The molecule has 1 saturated heterocycles. The molecule has 1 heterocycles. The number of likely N-dealkylation sites (tertiary alicyclic amines) is 1. The molecule has 1 aliphatic heterocycles. The molecule has 0 spiro atoms. The molecular weight excluding hydrogens is 186 g/mol. The Labute approximate surface area is 83.0 Å². The van der Waals surface area contributed by atoms with E-state index in [-0.39, 0.29) is 18.6 Å². The number of carboxylic acid groups (broad SMARTS) is 1. The van der Waals surface area contributed by atoms with E-state index in [1.807, 2.05) is 0 Å². The second-order valence-electron chi connectivity index (χ2n) is 3.90. The number of aliphatic hydroxyl groups is 2. The highest BCUT2D eigenvalue weighted by Gasteiger charge is 2.34. The van der Waals surface area contributed by atoms with Gasteiger partial charge < -0.3 is 20.2 Å². The molecule has 0 aliphatic carbocycles. The average Bonchev–Trinajstić information content (AvgIpc) is 2.19. The van der Waals surface area contributed by atoms with Gasteiger partial charge in [0, 0.05) is 26.3 Å². The van der Waals surface area contributed by atoms with Crippen molar-refractivity contribution in [3.8, 4) is 0 Å². The molecule has 0 unspecified atom stereocenters. The van der Waals surface area contributed by atoms with E-state index in [1.54, 1.807) is 0 Å². The minimum absolute atomic E-state index is 0.0288. The second kappa shape index (κ2) is 4.61. The van der Waals surface area contributed by atoms with E-state index in [2.05, 4.69) is 0 Å². The molecule has 0 aromatic carbocycles. The first-order chi connectivity index (χ1) is 6.63. The summed E-state index contributed by atoms with van der Waals surface area (Å²) >= 11 is 0. The highest BCUT2D eigenvalue weighted by molar-refractivity contribution is 5.65. The van der Waals surface area contributed by atoms with Gasteiger partial charge in [0.15, 0.2) is 0 Å². The fourth-order valence-corrected chi connectivity index (χ4v) is 1.90. The molecule has 0 aromatic heterocycles. The number of aliphatic hydroxyl groups excluding tert-OH is 2. The van der Waals surface area contributed by atoms with Crippen molar-refractivity contribution in [2.45, 2.75) is 19.3 Å². The minimum Gasteiger partial charge on any atom is -0.465 e. The van der Waals surface area contributed by atoms with Crippen LogP contribution in [0.4, 0.5) is 4.79 Å². The monoisotopic (exact) mass is 203 g/mol. The SMILES string of the molecule is O=C(O)N1CCC(CO)(CCO)CC1. The number of piperidine rings is 1. The first-order valence-electron chi connectivity index (χ1n) is 4.83. The third-order valence-electron chi connectivity index (χ3n) is 3.07. The largest absolute Gasteiger partial charge is 0.465 e. The zero-order valence-electron chi connectivity index (χ0n) is 8.15. The first kappa shape index (κ1) is 11.3. The molecule has 5 nitrogen and oxygen atoms in total. The summed E-state index contributed by atoms with van der Waals surface area (Å²) in [6.45, 7) is 0.987. The summed E-state index contributed by atoms with van der Waals surface area (Å²) in [7, 11) is 0. The van der Waals surface area contributed by atoms with Gasteiger partial charge in [-0.25, -0.2) is 4.79 Å². The molecule has 0 atom stereocenters. The number of hydrogen-bond acceptors (Lipinski definition) is 3. The lowest BCUT2D eigenvalue weighted by molar-refractivity contribution is 0.0263. The van der Waals surface area contributed by atoms with Gasteiger partial charge in [0.25, 0.3) is 0 Å². The van der Waals surface area contributed by atoms with Gasteiger partial charge in [-0.3, -0.25) is 0 Å². The maximum Gasteiger partial charge on any atom is 0.407 e. The standard InChI is InChI=1S/C9H17NO4/c11-6-3-9(7-12)1-4-10(5-2-9)8(13)14/h11-12H,1-7H2,(H,13,14). The van der Waals surface area contributed by atoms with E-state index in [4.69, 9.17) is 10.2 Å². The summed E-state index contributed by atoms with van der Waals surface area (Å²) in [5.74, 6) is 0. The minimum atomic E-state index is -0.902. The van der Waals surface area contributed by atoms with Crippen molar-refractivity contribution < 1.29 is 20.1 Å². The van der Waals surface area contributed by atoms with Gasteiger partial charge >= 0.3 is 6.09 Å². The maximum atomic E-state index is 10.6. The summed E-state index contributed by atoms with van der Waals surface area (Å²) in [6.07, 6.45) is 0.921. The van der Waals surface area contributed by atoms with Crippen molar-refractivity contribution in [2.75, 3.05) is 26.3 Å². The Balaban J connectivity index is 2.50. The van der Waals surface area contributed by atoms with Crippen molar-refractivity contribution in [3.63, 3.8) is 0 Å². The Morgan fingerprint density at radius 2 is 1.86 bits per heavy atom. The molecular formula is C9H17NO4. The Bertz CT molecular complexity index is 199. The Hall–Kier alpha value is -0.810. The van der Waals surface area contributed by atoms with Crippen LogP contribution in [0.15, 0.2) is 0 Å². The highest BCUT2D eigenvalue weighted by atomic mass is 16.4. The normalized spacial score (nSPS) is 20.9. The molecule has 0 aromatic rings. The Morgan fingerprint density at radius 1 is 1.29 bits per heavy atom. The molecule has 3 N–H and O–H groups in total. The van der Waals surface area contributed by atoms with E-state index in [1.165, 1.54) is 4.90 Å². The van der Waals surface area contributed by atoms with Crippen molar-refractivity contribution in [1.82, 2.24) is 4.90 Å². The number of rotatable bonds is 3. The van der Waals surface area contributed by atoms with Gasteiger partial charge in [0.05, 0.1) is 0 Å². The van der Waals surface area contributed by atoms with Crippen LogP contribution in [0, 0.1) is 5.41 Å². The lowest BCUT2D eigenvalue weighted by Crippen LogP contribution is -2.44. The van der Waals surface area contributed by atoms with Gasteiger partial charge in [0.1, 0.15) is 0 Å². The first-order valence-corrected chi connectivity index (χ1v) is 4.83. The molecule has 5 heteroatoms. The Morgan fingerprint density at radius 3 is 2.21 bits per heavy atom. The molecule has 1 rings (SSSR count). The summed E-state index contributed by atoms with van der Waals surface area (Å²) < 4.78 is 0. The molecule has 0 radical (unpaired) electrons. The topological polar surface area (TPSA) is 81.0 Å². The van der Waals surface area contributed by atoms with Crippen molar-refractivity contribution in [1.29, 1.82) is 0 Å². The van der Waals surface area contributed by atoms with Crippen LogP contribution in [0.5, 0.6) is 0 Å². The third kappa shape index (κ3) is 2.36. The van der Waals surface area contributed by atoms with E-state index in [9.17, 15) is 9.90 Å².